The lowest BCUT2D eigenvalue weighted by atomic mass is 10.1. The van der Waals surface area contributed by atoms with E-state index in [-0.39, 0.29) is 0 Å². The first-order valence-corrected chi connectivity index (χ1v) is 8.39. The van der Waals surface area contributed by atoms with Crippen molar-refractivity contribution in [3.8, 4) is 0 Å². The normalized spacial score (nSPS) is 13.2. The number of rotatable bonds is 8. The molecular weight excluding hydrogens is 256 g/mol. The second-order valence-electron chi connectivity index (χ2n) is 6.72. The molecule has 0 bridgehead atoms. The minimum Gasteiger partial charge on any atom is -0.343 e. The average molecular weight is 286 g/mol. The first-order chi connectivity index (χ1) is 10.1. The molecule has 0 saturated carbocycles. The maximum Gasteiger partial charge on any atom is 0.0483 e. The van der Waals surface area contributed by atoms with Gasteiger partial charge in [0.15, 0.2) is 0 Å². The summed E-state index contributed by atoms with van der Waals surface area (Å²) in [6.45, 7) is 12.3. The third-order valence-electron chi connectivity index (χ3n) is 4.03. The highest BCUT2D eigenvalue weighted by atomic mass is 15.0. The van der Waals surface area contributed by atoms with E-state index in [1.165, 1.54) is 29.4 Å². The number of hydrogen-bond acceptors (Lipinski definition) is 1. The SMILES string of the molecule is CCCC(C)Cn1c(CNCC(C)C)cc2ccccc21. The lowest BCUT2D eigenvalue weighted by Gasteiger charge is -2.17. The largest absolute Gasteiger partial charge is 0.343 e. The van der Waals surface area contributed by atoms with Gasteiger partial charge in [-0.2, -0.15) is 0 Å². The molecule has 2 nitrogen and oxygen atoms in total. The van der Waals surface area contributed by atoms with Crippen LogP contribution < -0.4 is 5.32 Å². The lowest BCUT2D eigenvalue weighted by molar-refractivity contribution is 0.440. The van der Waals surface area contributed by atoms with E-state index in [1.54, 1.807) is 0 Å². The molecule has 0 aliphatic rings. The summed E-state index contributed by atoms with van der Waals surface area (Å²) < 4.78 is 2.52. The summed E-state index contributed by atoms with van der Waals surface area (Å²) in [4.78, 5) is 0. The van der Waals surface area contributed by atoms with Crippen LogP contribution in [0.15, 0.2) is 30.3 Å². The number of benzene rings is 1. The topological polar surface area (TPSA) is 17.0 Å². The minimum absolute atomic E-state index is 0.696. The molecule has 0 aliphatic heterocycles. The van der Waals surface area contributed by atoms with Gasteiger partial charge in [0.05, 0.1) is 0 Å². The van der Waals surface area contributed by atoms with E-state index >= 15 is 0 Å². The van der Waals surface area contributed by atoms with E-state index in [0.29, 0.717) is 5.92 Å². The number of hydrogen-bond donors (Lipinski definition) is 1. The molecule has 2 rings (SSSR count). The Hall–Kier alpha value is -1.28. The van der Waals surface area contributed by atoms with Crippen LogP contribution in [0.1, 0.15) is 46.2 Å². The van der Waals surface area contributed by atoms with Crippen molar-refractivity contribution in [1.82, 2.24) is 9.88 Å². The second-order valence-corrected chi connectivity index (χ2v) is 6.72. The summed E-state index contributed by atoms with van der Waals surface area (Å²) in [7, 11) is 0. The fourth-order valence-corrected chi connectivity index (χ4v) is 3.01. The Morgan fingerprint density at radius 2 is 1.90 bits per heavy atom. The van der Waals surface area contributed by atoms with E-state index in [2.05, 4.69) is 67.9 Å². The Morgan fingerprint density at radius 3 is 2.62 bits per heavy atom. The highest BCUT2D eigenvalue weighted by Crippen LogP contribution is 2.22. The monoisotopic (exact) mass is 286 g/mol. The maximum absolute atomic E-state index is 3.59. The van der Waals surface area contributed by atoms with Gasteiger partial charge in [0, 0.05) is 24.3 Å². The van der Waals surface area contributed by atoms with Gasteiger partial charge in [-0.1, -0.05) is 52.3 Å². The van der Waals surface area contributed by atoms with Crippen molar-refractivity contribution in [2.45, 2.75) is 53.6 Å². The zero-order chi connectivity index (χ0) is 15.2. The van der Waals surface area contributed by atoms with Crippen LogP contribution in [0.2, 0.25) is 0 Å². The second kappa shape index (κ2) is 7.65. The molecule has 0 spiro atoms. The quantitative estimate of drug-likeness (QED) is 0.736. The fraction of sp³-hybridized carbons (Fsp3) is 0.579. The van der Waals surface area contributed by atoms with Crippen molar-refractivity contribution in [3.63, 3.8) is 0 Å². The molecule has 1 aromatic heterocycles. The van der Waals surface area contributed by atoms with Crippen LogP contribution in [-0.2, 0) is 13.1 Å². The van der Waals surface area contributed by atoms with E-state index in [9.17, 15) is 0 Å². The summed E-state index contributed by atoms with van der Waals surface area (Å²) in [6, 6.07) is 11.1. The highest BCUT2D eigenvalue weighted by molar-refractivity contribution is 5.81. The van der Waals surface area contributed by atoms with Crippen molar-refractivity contribution in [2.24, 2.45) is 11.8 Å². The number of nitrogens with one attached hydrogen (secondary N) is 1. The molecule has 1 aromatic carbocycles. The zero-order valence-corrected chi connectivity index (χ0v) is 14.0. The number of para-hydroxylation sites is 1. The molecule has 1 N–H and O–H groups in total. The molecule has 1 unspecified atom stereocenters. The Balaban J connectivity index is 2.21. The molecule has 0 radical (unpaired) electrons. The lowest BCUT2D eigenvalue weighted by Crippen LogP contribution is -2.21. The standard InChI is InChI=1S/C19H30N2/c1-5-8-16(4)14-21-18(13-20-12-15(2)3)11-17-9-6-7-10-19(17)21/h6-7,9-11,15-16,20H,5,8,12-14H2,1-4H3. The minimum atomic E-state index is 0.696. The van der Waals surface area contributed by atoms with Crippen molar-refractivity contribution in [2.75, 3.05) is 6.54 Å². The van der Waals surface area contributed by atoms with Crippen LogP contribution in [0.5, 0.6) is 0 Å². The molecule has 0 aliphatic carbocycles. The maximum atomic E-state index is 3.59. The Kier molecular flexibility index (Phi) is 5.86. The average Bonchev–Trinajstić information content (AvgIpc) is 2.77. The van der Waals surface area contributed by atoms with Crippen LogP contribution in [-0.4, -0.2) is 11.1 Å². The van der Waals surface area contributed by atoms with Gasteiger partial charge in [0.1, 0.15) is 0 Å². The van der Waals surface area contributed by atoms with Gasteiger partial charge in [-0.15, -0.1) is 0 Å². The third kappa shape index (κ3) is 4.34. The first kappa shape index (κ1) is 16.1. The molecule has 2 heteroatoms. The predicted molar refractivity (Wildman–Crippen MR) is 92.6 cm³/mol. The molecule has 2 aromatic rings. The molecule has 0 fully saturated rings. The molecule has 0 saturated heterocycles. The number of fused-ring (bicyclic) bond motifs is 1. The summed E-state index contributed by atoms with van der Waals surface area (Å²) in [5, 5.41) is 4.95. The van der Waals surface area contributed by atoms with Gasteiger partial charge < -0.3 is 9.88 Å². The summed E-state index contributed by atoms with van der Waals surface area (Å²) >= 11 is 0. The van der Waals surface area contributed by atoms with Crippen LogP contribution in [0, 0.1) is 11.8 Å². The smallest absolute Gasteiger partial charge is 0.0483 e. The molecular formula is C19H30N2. The van der Waals surface area contributed by atoms with E-state index in [0.717, 1.165) is 25.6 Å². The van der Waals surface area contributed by atoms with Crippen LogP contribution in [0.3, 0.4) is 0 Å². The van der Waals surface area contributed by atoms with Gasteiger partial charge in [0.25, 0.3) is 0 Å². The van der Waals surface area contributed by atoms with Crippen LogP contribution in [0.25, 0.3) is 10.9 Å². The summed E-state index contributed by atoms with van der Waals surface area (Å²) in [6.07, 6.45) is 2.56. The van der Waals surface area contributed by atoms with Crippen molar-refractivity contribution < 1.29 is 0 Å². The van der Waals surface area contributed by atoms with E-state index < -0.39 is 0 Å². The predicted octanol–water partition coefficient (Wildman–Crippen LogP) is 4.82. The summed E-state index contributed by atoms with van der Waals surface area (Å²) in [5.74, 6) is 1.43. The number of nitrogens with zero attached hydrogens (tertiary/aromatic N) is 1. The van der Waals surface area contributed by atoms with Gasteiger partial charge in [0.2, 0.25) is 0 Å². The van der Waals surface area contributed by atoms with Gasteiger partial charge in [-0.05, 0) is 42.3 Å². The number of aromatic nitrogens is 1. The third-order valence-corrected chi connectivity index (χ3v) is 4.03. The molecule has 0 amide bonds. The Labute approximate surface area is 129 Å². The van der Waals surface area contributed by atoms with Crippen molar-refractivity contribution in [1.29, 1.82) is 0 Å². The molecule has 21 heavy (non-hydrogen) atoms. The van der Waals surface area contributed by atoms with Gasteiger partial charge in [-0.3, -0.25) is 0 Å². The molecule has 1 atom stereocenters. The van der Waals surface area contributed by atoms with Crippen molar-refractivity contribution in [3.05, 3.63) is 36.0 Å². The van der Waals surface area contributed by atoms with Crippen LogP contribution in [0.4, 0.5) is 0 Å². The Morgan fingerprint density at radius 1 is 1.14 bits per heavy atom. The van der Waals surface area contributed by atoms with E-state index in [4.69, 9.17) is 0 Å². The van der Waals surface area contributed by atoms with Crippen LogP contribution >= 0.6 is 0 Å². The van der Waals surface area contributed by atoms with Gasteiger partial charge in [-0.25, -0.2) is 0 Å². The fourth-order valence-electron chi connectivity index (χ4n) is 3.01. The Bertz CT molecular complexity index is 554. The first-order valence-electron chi connectivity index (χ1n) is 8.39. The summed E-state index contributed by atoms with van der Waals surface area (Å²) in [5.41, 5.74) is 2.79. The molecule has 1 heterocycles. The van der Waals surface area contributed by atoms with Gasteiger partial charge >= 0.3 is 0 Å². The molecule has 116 valence electrons. The van der Waals surface area contributed by atoms with Crippen molar-refractivity contribution >= 4 is 10.9 Å². The van der Waals surface area contributed by atoms with E-state index in [1.807, 2.05) is 0 Å². The highest BCUT2D eigenvalue weighted by Gasteiger charge is 2.11. The zero-order valence-electron chi connectivity index (χ0n) is 14.0.